The summed E-state index contributed by atoms with van der Waals surface area (Å²) in [6.45, 7) is 2.05. The molecule has 1 aliphatic carbocycles. The number of esters is 1. The Labute approximate surface area is 101 Å². The molecule has 1 fully saturated rings. The molecule has 0 saturated carbocycles. The van der Waals surface area contributed by atoms with Crippen LogP contribution in [0.4, 0.5) is 0 Å². The standard InChI is InChI=1S/C15H16O2/c1-15(11-7-3-2-4-8-11)13-10-6-5-9-12(13)14(16)17-15/h2-8,12-13H,9-10H2,1H3/t12-,13-,15+/m1/s1. The van der Waals surface area contributed by atoms with Gasteiger partial charge in [-0.25, -0.2) is 0 Å². The van der Waals surface area contributed by atoms with Gasteiger partial charge in [-0.05, 0) is 25.3 Å². The van der Waals surface area contributed by atoms with Crippen LogP contribution in [-0.4, -0.2) is 5.97 Å². The second-order valence-corrected chi connectivity index (χ2v) is 5.05. The Morgan fingerprint density at radius 2 is 1.88 bits per heavy atom. The van der Waals surface area contributed by atoms with Crippen LogP contribution in [0.25, 0.3) is 0 Å². The van der Waals surface area contributed by atoms with Crippen molar-refractivity contribution in [1.29, 1.82) is 0 Å². The van der Waals surface area contributed by atoms with Crippen LogP contribution in [0.15, 0.2) is 42.5 Å². The van der Waals surface area contributed by atoms with Crippen LogP contribution in [0.2, 0.25) is 0 Å². The van der Waals surface area contributed by atoms with Crippen LogP contribution in [0.1, 0.15) is 25.3 Å². The average Bonchev–Trinajstić information content (AvgIpc) is 2.65. The van der Waals surface area contributed by atoms with Crippen molar-refractivity contribution >= 4 is 5.97 Å². The molecular formula is C15H16O2. The lowest BCUT2D eigenvalue weighted by Gasteiger charge is -2.32. The number of rotatable bonds is 1. The van der Waals surface area contributed by atoms with Gasteiger partial charge in [-0.1, -0.05) is 42.5 Å². The summed E-state index contributed by atoms with van der Waals surface area (Å²) in [4.78, 5) is 11.9. The molecule has 0 radical (unpaired) electrons. The minimum atomic E-state index is -0.451. The number of benzene rings is 1. The average molecular weight is 228 g/mol. The molecule has 0 unspecified atom stereocenters. The van der Waals surface area contributed by atoms with Gasteiger partial charge in [0.15, 0.2) is 0 Å². The van der Waals surface area contributed by atoms with Crippen molar-refractivity contribution in [2.75, 3.05) is 0 Å². The van der Waals surface area contributed by atoms with Crippen molar-refractivity contribution in [1.82, 2.24) is 0 Å². The van der Waals surface area contributed by atoms with Crippen LogP contribution in [-0.2, 0) is 15.1 Å². The van der Waals surface area contributed by atoms with Crippen LogP contribution >= 0.6 is 0 Å². The number of hydrogen-bond donors (Lipinski definition) is 0. The third-order valence-corrected chi connectivity index (χ3v) is 4.10. The summed E-state index contributed by atoms with van der Waals surface area (Å²) in [7, 11) is 0. The summed E-state index contributed by atoms with van der Waals surface area (Å²) in [5.74, 6) is 0.290. The Hall–Kier alpha value is -1.57. The lowest BCUT2D eigenvalue weighted by atomic mass is 9.73. The van der Waals surface area contributed by atoms with E-state index in [0.717, 1.165) is 18.4 Å². The molecule has 0 aromatic heterocycles. The molecule has 1 aliphatic heterocycles. The summed E-state index contributed by atoms with van der Waals surface area (Å²) in [6, 6.07) is 10.1. The lowest BCUT2D eigenvalue weighted by Crippen LogP contribution is -2.31. The number of cyclic esters (lactones) is 1. The highest BCUT2D eigenvalue weighted by Gasteiger charge is 2.53. The molecule has 2 heteroatoms. The minimum absolute atomic E-state index is 0.0364. The molecule has 0 bridgehead atoms. The van der Waals surface area contributed by atoms with Gasteiger partial charge >= 0.3 is 5.97 Å². The SMILES string of the molecule is C[C@@]1(c2ccccc2)OC(=O)[C@@H]2CC=CC[C@H]21. The molecule has 1 saturated heterocycles. The van der Waals surface area contributed by atoms with Gasteiger partial charge in [0.25, 0.3) is 0 Å². The Balaban J connectivity index is 2.03. The third kappa shape index (κ3) is 1.51. The van der Waals surface area contributed by atoms with Gasteiger partial charge in [-0.15, -0.1) is 0 Å². The number of allylic oxidation sites excluding steroid dienone is 2. The van der Waals surface area contributed by atoms with E-state index in [-0.39, 0.29) is 17.8 Å². The maximum absolute atomic E-state index is 11.9. The monoisotopic (exact) mass is 228 g/mol. The minimum Gasteiger partial charge on any atom is -0.454 e. The zero-order valence-corrected chi connectivity index (χ0v) is 9.93. The first kappa shape index (κ1) is 10.6. The quantitative estimate of drug-likeness (QED) is 0.545. The fourth-order valence-corrected chi connectivity index (χ4v) is 3.09. The molecule has 3 rings (SSSR count). The Bertz CT molecular complexity index is 463. The van der Waals surface area contributed by atoms with Crippen molar-refractivity contribution in [3.05, 3.63) is 48.0 Å². The molecular weight excluding hydrogens is 212 g/mol. The second-order valence-electron chi connectivity index (χ2n) is 5.05. The molecule has 1 heterocycles. The van der Waals surface area contributed by atoms with E-state index < -0.39 is 5.60 Å². The van der Waals surface area contributed by atoms with E-state index >= 15 is 0 Å². The molecule has 3 atom stereocenters. The zero-order chi connectivity index (χ0) is 11.9. The third-order valence-electron chi connectivity index (χ3n) is 4.10. The maximum atomic E-state index is 11.9. The van der Waals surface area contributed by atoms with E-state index in [4.69, 9.17) is 4.74 Å². The zero-order valence-electron chi connectivity index (χ0n) is 9.93. The van der Waals surface area contributed by atoms with E-state index in [1.54, 1.807) is 0 Å². The first-order chi connectivity index (χ1) is 8.22. The fraction of sp³-hybridized carbons (Fsp3) is 0.400. The normalized spacial score (nSPS) is 35.5. The second kappa shape index (κ2) is 3.73. The molecule has 88 valence electrons. The van der Waals surface area contributed by atoms with E-state index in [1.165, 1.54) is 0 Å². The van der Waals surface area contributed by atoms with E-state index in [0.29, 0.717) is 0 Å². The van der Waals surface area contributed by atoms with Crippen molar-refractivity contribution in [2.24, 2.45) is 11.8 Å². The lowest BCUT2D eigenvalue weighted by molar-refractivity contribution is -0.150. The van der Waals surface area contributed by atoms with E-state index in [1.807, 2.05) is 37.3 Å². The van der Waals surface area contributed by atoms with Gasteiger partial charge < -0.3 is 4.74 Å². The van der Waals surface area contributed by atoms with Gasteiger partial charge in [0, 0.05) is 5.92 Å². The summed E-state index contributed by atoms with van der Waals surface area (Å²) in [5.41, 5.74) is 0.657. The van der Waals surface area contributed by atoms with Gasteiger partial charge in [0.1, 0.15) is 5.60 Å². The molecule has 2 nitrogen and oxygen atoms in total. The molecule has 0 spiro atoms. The number of hydrogen-bond acceptors (Lipinski definition) is 2. The molecule has 0 amide bonds. The predicted molar refractivity (Wildman–Crippen MR) is 65.2 cm³/mol. The number of carbonyl (C=O) groups is 1. The van der Waals surface area contributed by atoms with Crippen molar-refractivity contribution < 1.29 is 9.53 Å². The van der Waals surface area contributed by atoms with Crippen LogP contribution in [0, 0.1) is 11.8 Å². The van der Waals surface area contributed by atoms with Crippen molar-refractivity contribution in [3.8, 4) is 0 Å². The number of carbonyl (C=O) groups excluding carboxylic acids is 1. The van der Waals surface area contributed by atoms with Crippen LogP contribution in [0.5, 0.6) is 0 Å². The molecule has 1 aromatic carbocycles. The van der Waals surface area contributed by atoms with E-state index in [9.17, 15) is 4.79 Å². The number of ether oxygens (including phenoxy) is 1. The first-order valence-corrected chi connectivity index (χ1v) is 6.15. The summed E-state index contributed by atoms with van der Waals surface area (Å²) in [6.07, 6.45) is 6.03. The largest absolute Gasteiger partial charge is 0.454 e. The number of fused-ring (bicyclic) bond motifs is 1. The highest BCUT2D eigenvalue weighted by atomic mass is 16.6. The summed E-state index contributed by atoms with van der Waals surface area (Å²) < 4.78 is 5.70. The van der Waals surface area contributed by atoms with Crippen LogP contribution in [0.3, 0.4) is 0 Å². The Kier molecular flexibility index (Phi) is 2.32. The Morgan fingerprint density at radius 3 is 2.65 bits per heavy atom. The van der Waals surface area contributed by atoms with Gasteiger partial charge in [-0.2, -0.15) is 0 Å². The smallest absolute Gasteiger partial charge is 0.310 e. The first-order valence-electron chi connectivity index (χ1n) is 6.15. The van der Waals surface area contributed by atoms with Crippen molar-refractivity contribution in [3.63, 3.8) is 0 Å². The summed E-state index contributed by atoms with van der Waals surface area (Å²) >= 11 is 0. The molecule has 1 aromatic rings. The summed E-state index contributed by atoms with van der Waals surface area (Å²) in [5, 5.41) is 0. The van der Waals surface area contributed by atoms with Gasteiger partial charge in [0.2, 0.25) is 0 Å². The van der Waals surface area contributed by atoms with Crippen LogP contribution < -0.4 is 0 Å². The maximum Gasteiger partial charge on any atom is 0.310 e. The fourth-order valence-electron chi connectivity index (χ4n) is 3.09. The molecule has 2 aliphatic rings. The van der Waals surface area contributed by atoms with Gasteiger partial charge in [0.05, 0.1) is 5.92 Å². The van der Waals surface area contributed by atoms with Crippen molar-refractivity contribution in [2.45, 2.75) is 25.4 Å². The van der Waals surface area contributed by atoms with E-state index in [2.05, 4.69) is 12.2 Å². The topological polar surface area (TPSA) is 26.3 Å². The predicted octanol–water partition coefficient (Wildman–Crippen LogP) is 3.04. The Morgan fingerprint density at radius 1 is 1.18 bits per heavy atom. The molecule has 0 N–H and O–H groups in total. The van der Waals surface area contributed by atoms with Gasteiger partial charge in [-0.3, -0.25) is 4.79 Å². The highest BCUT2D eigenvalue weighted by molar-refractivity contribution is 5.77. The molecule has 17 heavy (non-hydrogen) atoms. The highest BCUT2D eigenvalue weighted by Crippen LogP contribution is 2.49.